The molecule has 0 aromatic heterocycles. The fraction of sp³-hybridized carbons (Fsp3) is 0. The third-order valence-corrected chi connectivity index (χ3v) is 4.25. The molecule has 0 bridgehead atoms. The Morgan fingerprint density at radius 1 is 0.615 bits per heavy atom. The number of halogens is 2. The monoisotopic (exact) mass is 384 g/mol. The number of benzene rings is 3. The van der Waals surface area contributed by atoms with Crippen molar-refractivity contribution in [3.05, 3.63) is 94.0 Å². The maximum Gasteiger partial charge on any atom is 0.255 e. The van der Waals surface area contributed by atoms with E-state index in [1.807, 2.05) is 12.1 Å². The topological polar surface area (TPSA) is 58.2 Å². The van der Waals surface area contributed by atoms with Gasteiger partial charge in [-0.2, -0.15) is 0 Å². The van der Waals surface area contributed by atoms with Crippen LogP contribution in [0.15, 0.2) is 72.8 Å². The number of anilines is 2. The zero-order valence-corrected chi connectivity index (χ0v) is 15.0. The highest BCUT2D eigenvalue weighted by Crippen LogP contribution is 2.33. The van der Waals surface area contributed by atoms with Gasteiger partial charge in [-0.15, -0.1) is 0 Å². The summed E-state index contributed by atoms with van der Waals surface area (Å²) in [4.78, 5) is 24.5. The molecule has 0 aliphatic carbocycles. The highest BCUT2D eigenvalue weighted by atomic mass is 35.5. The van der Waals surface area contributed by atoms with Crippen LogP contribution in [0.5, 0.6) is 0 Å². The van der Waals surface area contributed by atoms with E-state index < -0.39 is 0 Å². The molecule has 0 heterocycles. The molecule has 0 aliphatic heterocycles. The average molecular weight is 385 g/mol. The summed E-state index contributed by atoms with van der Waals surface area (Å²) in [6.45, 7) is 0. The van der Waals surface area contributed by atoms with Gasteiger partial charge in [0.25, 0.3) is 11.8 Å². The van der Waals surface area contributed by atoms with Gasteiger partial charge in [0.05, 0.1) is 21.4 Å². The van der Waals surface area contributed by atoms with Crippen LogP contribution in [-0.4, -0.2) is 11.8 Å². The van der Waals surface area contributed by atoms with Crippen LogP contribution in [0.4, 0.5) is 11.4 Å². The molecule has 2 amide bonds. The molecule has 0 fully saturated rings. The smallest absolute Gasteiger partial charge is 0.255 e. The minimum absolute atomic E-state index is 0.266. The highest BCUT2D eigenvalue weighted by Gasteiger charge is 2.14. The van der Waals surface area contributed by atoms with Crippen LogP contribution >= 0.6 is 23.2 Å². The zero-order chi connectivity index (χ0) is 18.5. The van der Waals surface area contributed by atoms with Gasteiger partial charge in [0.2, 0.25) is 0 Å². The van der Waals surface area contributed by atoms with E-state index in [0.717, 1.165) is 0 Å². The normalized spacial score (nSPS) is 10.2. The molecule has 0 aliphatic rings. The van der Waals surface area contributed by atoms with Gasteiger partial charge in [-0.25, -0.2) is 0 Å². The molecule has 26 heavy (non-hydrogen) atoms. The van der Waals surface area contributed by atoms with E-state index in [4.69, 9.17) is 23.2 Å². The van der Waals surface area contributed by atoms with Crippen molar-refractivity contribution in [2.24, 2.45) is 0 Å². The van der Waals surface area contributed by atoms with E-state index in [9.17, 15) is 9.59 Å². The van der Waals surface area contributed by atoms with E-state index in [2.05, 4.69) is 10.6 Å². The van der Waals surface area contributed by atoms with Gasteiger partial charge in [-0.1, -0.05) is 59.6 Å². The first-order valence-electron chi connectivity index (χ1n) is 7.76. The van der Waals surface area contributed by atoms with E-state index in [-0.39, 0.29) is 21.9 Å². The van der Waals surface area contributed by atoms with Gasteiger partial charge < -0.3 is 10.6 Å². The predicted molar refractivity (Wildman–Crippen MR) is 105 cm³/mol. The molecule has 3 rings (SSSR count). The molecule has 0 atom stereocenters. The fourth-order valence-corrected chi connectivity index (χ4v) is 2.73. The average Bonchev–Trinajstić information content (AvgIpc) is 2.67. The second kappa shape index (κ2) is 8.04. The molecule has 2 N–H and O–H groups in total. The second-order valence-electron chi connectivity index (χ2n) is 5.45. The Kier molecular flexibility index (Phi) is 5.56. The number of amides is 2. The fourth-order valence-electron chi connectivity index (χ4n) is 2.31. The lowest BCUT2D eigenvalue weighted by Gasteiger charge is -2.12. The largest absolute Gasteiger partial charge is 0.321 e. The Morgan fingerprint density at radius 2 is 0.962 bits per heavy atom. The molecule has 4 nitrogen and oxygen atoms in total. The van der Waals surface area contributed by atoms with Gasteiger partial charge in [0.1, 0.15) is 0 Å². The quantitative estimate of drug-likeness (QED) is 0.623. The highest BCUT2D eigenvalue weighted by molar-refractivity contribution is 6.38. The van der Waals surface area contributed by atoms with E-state index in [1.54, 1.807) is 48.5 Å². The second-order valence-corrected chi connectivity index (χ2v) is 6.27. The third kappa shape index (κ3) is 4.23. The molecule has 0 saturated carbocycles. The Bertz CT molecular complexity index is 866. The number of carbonyl (C=O) groups excluding carboxylic acids is 2. The van der Waals surface area contributed by atoms with Gasteiger partial charge in [-0.3, -0.25) is 9.59 Å². The molecule has 6 heteroatoms. The van der Waals surface area contributed by atoms with Crippen molar-refractivity contribution in [3.63, 3.8) is 0 Å². The lowest BCUT2D eigenvalue weighted by Crippen LogP contribution is -2.14. The van der Waals surface area contributed by atoms with Gasteiger partial charge in [0, 0.05) is 11.1 Å². The van der Waals surface area contributed by atoms with Crippen LogP contribution in [-0.2, 0) is 0 Å². The summed E-state index contributed by atoms with van der Waals surface area (Å²) in [5.74, 6) is -0.603. The molecule has 3 aromatic rings. The molecule has 130 valence electrons. The standard InChI is InChI=1S/C20H14Cl2N2O2/c21-15-12-18(24-20(26)14-9-5-2-6-10-14)16(22)11-17(15)23-19(25)13-7-3-1-4-8-13/h1-12H,(H,23,25)(H,24,26). The van der Waals surface area contributed by atoms with Crippen molar-refractivity contribution in [1.29, 1.82) is 0 Å². The third-order valence-electron chi connectivity index (χ3n) is 3.63. The summed E-state index contributed by atoms with van der Waals surface area (Å²) >= 11 is 12.5. The van der Waals surface area contributed by atoms with Crippen molar-refractivity contribution in [3.8, 4) is 0 Å². The SMILES string of the molecule is O=C(Nc1cc(Cl)c(NC(=O)c2ccccc2)cc1Cl)c1ccccc1. The Hall–Kier alpha value is -2.82. The van der Waals surface area contributed by atoms with Gasteiger partial charge in [0.15, 0.2) is 0 Å². The van der Waals surface area contributed by atoms with Crippen molar-refractivity contribution >= 4 is 46.4 Å². The lowest BCUT2D eigenvalue weighted by atomic mass is 10.2. The van der Waals surface area contributed by atoms with Crippen molar-refractivity contribution < 1.29 is 9.59 Å². The van der Waals surface area contributed by atoms with E-state index in [1.165, 1.54) is 12.1 Å². The Morgan fingerprint density at radius 3 is 1.31 bits per heavy atom. The van der Waals surface area contributed by atoms with Crippen molar-refractivity contribution in [1.82, 2.24) is 0 Å². The predicted octanol–water partition coefficient (Wildman–Crippen LogP) is 5.50. The summed E-state index contributed by atoms with van der Waals surface area (Å²) < 4.78 is 0. The Balaban J connectivity index is 1.78. The molecule has 0 saturated heterocycles. The van der Waals surface area contributed by atoms with Crippen LogP contribution in [0.1, 0.15) is 20.7 Å². The summed E-state index contributed by atoms with van der Waals surface area (Å²) in [7, 11) is 0. The summed E-state index contributed by atoms with van der Waals surface area (Å²) in [5.41, 5.74) is 1.73. The van der Waals surface area contributed by atoms with Gasteiger partial charge in [-0.05, 0) is 36.4 Å². The molecular formula is C20H14Cl2N2O2. The summed E-state index contributed by atoms with van der Waals surface area (Å²) in [6.07, 6.45) is 0. The van der Waals surface area contributed by atoms with Gasteiger partial charge >= 0.3 is 0 Å². The van der Waals surface area contributed by atoms with E-state index in [0.29, 0.717) is 22.5 Å². The molecular weight excluding hydrogens is 371 g/mol. The zero-order valence-electron chi connectivity index (χ0n) is 13.5. The summed E-state index contributed by atoms with van der Waals surface area (Å²) in [6, 6.07) is 20.5. The van der Waals surface area contributed by atoms with Crippen LogP contribution in [0.25, 0.3) is 0 Å². The molecule has 0 spiro atoms. The molecule has 0 unspecified atom stereocenters. The first-order valence-corrected chi connectivity index (χ1v) is 8.52. The first-order chi connectivity index (χ1) is 12.5. The minimum Gasteiger partial charge on any atom is -0.321 e. The maximum atomic E-state index is 12.2. The number of hydrogen-bond donors (Lipinski definition) is 2. The number of carbonyl (C=O) groups is 2. The number of hydrogen-bond acceptors (Lipinski definition) is 2. The van der Waals surface area contributed by atoms with Crippen molar-refractivity contribution in [2.45, 2.75) is 0 Å². The number of nitrogens with one attached hydrogen (secondary N) is 2. The number of rotatable bonds is 4. The maximum absolute atomic E-state index is 12.2. The van der Waals surface area contributed by atoms with Crippen LogP contribution in [0.3, 0.4) is 0 Å². The first kappa shape index (κ1) is 18.0. The van der Waals surface area contributed by atoms with Crippen molar-refractivity contribution in [2.75, 3.05) is 10.6 Å². The molecule has 0 radical (unpaired) electrons. The Labute approximate surface area is 160 Å². The van der Waals surface area contributed by atoms with Crippen LogP contribution < -0.4 is 10.6 Å². The van der Waals surface area contributed by atoms with E-state index >= 15 is 0 Å². The lowest BCUT2D eigenvalue weighted by molar-refractivity contribution is 0.101. The van der Waals surface area contributed by atoms with Crippen LogP contribution in [0.2, 0.25) is 10.0 Å². The minimum atomic E-state index is -0.301. The molecule has 3 aromatic carbocycles. The summed E-state index contributed by atoms with van der Waals surface area (Å²) in [5, 5.41) is 5.95. The van der Waals surface area contributed by atoms with Crippen LogP contribution in [0, 0.1) is 0 Å².